The summed E-state index contributed by atoms with van der Waals surface area (Å²) in [5.74, 6) is 0. The molecule has 0 aliphatic rings. The van der Waals surface area contributed by atoms with Crippen molar-refractivity contribution in [3.63, 3.8) is 0 Å². The molecule has 1 atom stereocenters. The van der Waals surface area contributed by atoms with Gasteiger partial charge < -0.3 is 15.3 Å². The zero-order valence-corrected chi connectivity index (χ0v) is 13.6. The standard InChI is InChI=1S/C17H30N2O/c1-6-18-17(14-20,15-10-8-7-9-11-15)13-19(5)12-16(2,3)4/h7-11,18,20H,6,12-14H2,1-5H3. The first-order valence-corrected chi connectivity index (χ1v) is 7.43. The quantitative estimate of drug-likeness (QED) is 0.804. The van der Waals surface area contributed by atoms with Gasteiger partial charge in [-0.2, -0.15) is 0 Å². The maximum absolute atomic E-state index is 10.0. The molecule has 0 aliphatic heterocycles. The van der Waals surface area contributed by atoms with Crippen molar-refractivity contribution in [3.8, 4) is 0 Å². The van der Waals surface area contributed by atoms with E-state index in [1.165, 1.54) is 0 Å². The lowest BCUT2D eigenvalue weighted by Crippen LogP contribution is -2.53. The minimum Gasteiger partial charge on any atom is -0.394 e. The van der Waals surface area contributed by atoms with Gasteiger partial charge in [0.2, 0.25) is 0 Å². The third-order valence-corrected chi connectivity index (χ3v) is 3.40. The van der Waals surface area contributed by atoms with E-state index in [2.05, 4.69) is 57.1 Å². The van der Waals surface area contributed by atoms with Crippen molar-refractivity contribution in [3.05, 3.63) is 35.9 Å². The average Bonchev–Trinajstić information content (AvgIpc) is 2.37. The van der Waals surface area contributed by atoms with Crippen LogP contribution < -0.4 is 5.32 Å². The number of hydrogen-bond donors (Lipinski definition) is 2. The van der Waals surface area contributed by atoms with Crippen molar-refractivity contribution < 1.29 is 5.11 Å². The smallest absolute Gasteiger partial charge is 0.0797 e. The van der Waals surface area contributed by atoms with E-state index in [0.717, 1.165) is 25.2 Å². The molecule has 0 fully saturated rings. The van der Waals surface area contributed by atoms with Crippen LogP contribution in [-0.4, -0.2) is 43.3 Å². The van der Waals surface area contributed by atoms with Crippen LogP contribution in [0.25, 0.3) is 0 Å². The fourth-order valence-corrected chi connectivity index (χ4v) is 2.87. The Morgan fingerprint density at radius 1 is 1.10 bits per heavy atom. The Morgan fingerprint density at radius 3 is 2.15 bits per heavy atom. The van der Waals surface area contributed by atoms with Gasteiger partial charge in [0, 0.05) is 13.1 Å². The highest BCUT2D eigenvalue weighted by atomic mass is 16.3. The van der Waals surface area contributed by atoms with Gasteiger partial charge in [-0.1, -0.05) is 58.0 Å². The van der Waals surface area contributed by atoms with Crippen LogP contribution in [0.15, 0.2) is 30.3 Å². The summed E-state index contributed by atoms with van der Waals surface area (Å²) in [7, 11) is 2.12. The van der Waals surface area contributed by atoms with E-state index in [4.69, 9.17) is 0 Å². The molecule has 0 heterocycles. The van der Waals surface area contributed by atoms with E-state index >= 15 is 0 Å². The van der Waals surface area contributed by atoms with Gasteiger partial charge in [0.25, 0.3) is 0 Å². The zero-order chi connectivity index (χ0) is 15.2. The molecule has 3 nitrogen and oxygen atoms in total. The van der Waals surface area contributed by atoms with Gasteiger partial charge in [-0.25, -0.2) is 0 Å². The molecule has 0 aromatic heterocycles. The van der Waals surface area contributed by atoms with Crippen LogP contribution in [0.3, 0.4) is 0 Å². The van der Waals surface area contributed by atoms with E-state index in [1.54, 1.807) is 0 Å². The number of rotatable bonds is 7. The first-order chi connectivity index (χ1) is 9.33. The number of nitrogens with zero attached hydrogens (tertiary/aromatic N) is 1. The average molecular weight is 278 g/mol. The molecule has 0 saturated heterocycles. The summed E-state index contributed by atoms with van der Waals surface area (Å²) >= 11 is 0. The Labute approximate surface area is 124 Å². The van der Waals surface area contributed by atoms with Crippen molar-refractivity contribution >= 4 is 0 Å². The molecule has 1 unspecified atom stereocenters. The second-order valence-corrected chi connectivity index (χ2v) is 6.87. The van der Waals surface area contributed by atoms with Crippen molar-refractivity contribution in [1.82, 2.24) is 10.2 Å². The van der Waals surface area contributed by atoms with Gasteiger partial charge in [-0.3, -0.25) is 0 Å². The summed E-state index contributed by atoms with van der Waals surface area (Å²) in [4.78, 5) is 2.30. The predicted octanol–water partition coefficient (Wildman–Crippen LogP) is 2.46. The molecule has 1 aromatic rings. The summed E-state index contributed by atoms with van der Waals surface area (Å²) in [6.07, 6.45) is 0. The van der Waals surface area contributed by atoms with E-state index < -0.39 is 5.54 Å². The molecule has 3 heteroatoms. The number of nitrogens with one attached hydrogen (secondary N) is 1. The van der Waals surface area contributed by atoms with Gasteiger partial charge >= 0.3 is 0 Å². The first kappa shape index (κ1) is 17.2. The molecular formula is C17H30N2O. The normalized spacial score (nSPS) is 15.3. The molecule has 1 aromatic carbocycles. The second-order valence-electron chi connectivity index (χ2n) is 6.87. The summed E-state index contributed by atoms with van der Waals surface area (Å²) < 4.78 is 0. The largest absolute Gasteiger partial charge is 0.394 e. The highest BCUT2D eigenvalue weighted by molar-refractivity contribution is 5.25. The summed E-state index contributed by atoms with van der Waals surface area (Å²) in [6, 6.07) is 10.2. The van der Waals surface area contributed by atoms with E-state index in [-0.39, 0.29) is 12.0 Å². The fraction of sp³-hybridized carbons (Fsp3) is 0.647. The first-order valence-electron chi connectivity index (χ1n) is 7.43. The minimum absolute atomic E-state index is 0.0966. The molecule has 0 aliphatic carbocycles. The molecule has 0 spiro atoms. The van der Waals surface area contributed by atoms with E-state index in [0.29, 0.717) is 0 Å². The van der Waals surface area contributed by atoms with E-state index in [1.807, 2.05) is 18.2 Å². The molecule has 0 amide bonds. The zero-order valence-electron chi connectivity index (χ0n) is 13.6. The van der Waals surface area contributed by atoms with Gasteiger partial charge in [-0.15, -0.1) is 0 Å². The number of hydrogen-bond acceptors (Lipinski definition) is 3. The minimum atomic E-state index is -0.393. The van der Waals surface area contributed by atoms with Crippen molar-refractivity contribution in [2.75, 3.05) is 33.3 Å². The third kappa shape index (κ3) is 4.89. The Morgan fingerprint density at radius 2 is 1.70 bits per heavy atom. The lowest BCUT2D eigenvalue weighted by atomic mass is 9.88. The lowest BCUT2D eigenvalue weighted by molar-refractivity contribution is 0.103. The van der Waals surface area contributed by atoms with Crippen LogP contribution in [0, 0.1) is 5.41 Å². The molecule has 0 bridgehead atoms. The molecule has 1 rings (SSSR count). The van der Waals surface area contributed by atoms with Crippen LogP contribution in [-0.2, 0) is 5.54 Å². The predicted molar refractivity (Wildman–Crippen MR) is 85.8 cm³/mol. The third-order valence-electron chi connectivity index (χ3n) is 3.40. The number of aliphatic hydroxyl groups is 1. The lowest BCUT2D eigenvalue weighted by Gasteiger charge is -2.39. The van der Waals surface area contributed by atoms with Crippen LogP contribution >= 0.6 is 0 Å². The Balaban J connectivity index is 2.94. The molecule has 114 valence electrons. The monoisotopic (exact) mass is 278 g/mol. The highest BCUT2D eigenvalue weighted by Gasteiger charge is 2.32. The maximum atomic E-state index is 10.0. The van der Waals surface area contributed by atoms with Crippen LogP contribution in [0.5, 0.6) is 0 Å². The molecule has 0 radical (unpaired) electrons. The van der Waals surface area contributed by atoms with Crippen molar-refractivity contribution in [2.24, 2.45) is 5.41 Å². The van der Waals surface area contributed by atoms with Gasteiger partial charge in [0.15, 0.2) is 0 Å². The Hall–Kier alpha value is -0.900. The SMILES string of the molecule is CCNC(CO)(CN(C)CC(C)(C)C)c1ccccc1. The van der Waals surface area contributed by atoms with Crippen LogP contribution in [0.1, 0.15) is 33.3 Å². The molecule has 0 saturated carbocycles. The summed E-state index contributed by atoms with van der Waals surface area (Å²) in [6.45, 7) is 11.5. The molecule has 2 N–H and O–H groups in total. The Kier molecular flexibility index (Phi) is 6.18. The molecule has 20 heavy (non-hydrogen) atoms. The van der Waals surface area contributed by atoms with E-state index in [9.17, 15) is 5.11 Å². The highest BCUT2D eigenvalue weighted by Crippen LogP contribution is 2.23. The van der Waals surface area contributed by atoms with Gasteiger partial charge in [0.05, 0.1) is 12.1 Å². The van der Waals surface area contributed by atoms with Crippen LogP contribution in [0.4, 0.5) is 0 Å². The number of aliphatic hydroxyl groups excluding tert-OH is 1. The topological polar surface area (TPSA) is 35.5 Å². The second kappa shape index (κ2) is 7.21. The Bertz CT molecular complexity index is 386. The van der Waals surface area contributed by atoms with Gasteiger partial charge in [0.1, 0.15) is 0 Å². The summed E-state index contributed by atoms with van der Waals surface area (Å²) in [5.41, 5.74) is 1.000. The number of benzene rings is 1. The maximum Gasteiger partial charge on any atom is 0.0797 e. The fourth-order valence-electron chi connectivity index (χ4n) is 2.87. The van der Waals surface area contributed by atoms with Gasteiger partial charge in [-0.05, 0) is 24.6 Å². The molecular weight excluding hydrogens is 248 g/mol. The van der Waals surface area contributed by atoms with Crippen molar-refractivity contribution in [1.29, 1.82) is 0 Å². The number of likely N-dealkylation sites (N-methyl/N-ethyl adjacent to an activating group) is 2. The van der Waals surface area contributed by atoms with Crippen molar-refractivity contribution in [2.45, 2.75) is 33.2 Å². The summed E-state index contributed by atoms with van der Waals surface area (Å²) in [5, 5.41) is 13.5. The van der Waals surface area contributed by atoms with Crippen LogP contribution in [0.2, 0.25) is 0 Å².